The molecule has 106 valence electrons. The first kappa shape index (κ1) is 13.7. The molecule has 0 spiro atoms. The molecule has 0 aliphatic carbocycles. The van der Waals surface area contributed by atoms with Crippen LogP contribution in [0.4, 0.5) is 0 Å². The minimum Gasteiger partial charge on any atom is -0.388 e. The van der Waals surface area contributed by atoms with Crippen LogP contribution >= 0.6 is 11.8 Å². The van der Waals surface area contributed by atoms with E-state index in [0.29, 0.717) is 6.54 Å². The maximum absolute atomic E-state index is 10.3. The summed E-state index contributed by atoms with van der Waals surface area (Å²) in [6.45, 7) is 1.42. The van der Waals surface area contributed by atoms with Crippen molar-refractivity contribution >= 4 is 11.8 Å². The van der Waals surface area contributed by atoms with Crippen LogP contribution in [0.15, 0.2) is 42.7 Å². The van der Waals surface area contributed by atoms with E-state index in [4.69, 9.17) is 0 Å². The van der Waals surface area contributed by atoms with E-state index >= 15 is 0 Å². The molecule has 2 heterocycles. The lowest BCUT2D eigenvalue weighted by molar-refractivity contribution is 0.0675. The smallest absolute Gasteiger partial charge is 0.0869 e. The summed E-state index contributed by atoms with van der Waals surface area (Å²) in [7, 11) is 0. The Balaban J connectivity index is 1.59. The van der Waals surface area contributed by atoms with E-state index in [1.54, 1.807) is 6.20 Å². The molecule has 1 aliphatic rings. The van der Waals surface area contributed by atoms with Gasteiger partial charge in [-0.05, 0) is 35.9 Å². The molecule has 1 atom stereocenters. The molecule has 1 aromatic carbocycles. The number of hydrogen-bond acceptors (Lipinski definition) is 4. The third-order valence-electron chi connectivity index (χ3n) is 3.55. The fourth-order valence-electron chi connectivity index (χ4n) is 2.41. The number of benzene rings is 1. The van der Waals surface area contributed by atoms with Gasteiger partial charge in [-0.1, -0.05) is 12.1 Å². The van der Waals surface area contributed by atoms with Crippen LogP contribution in [0.3, 0.4) is 0 Å². The molecule has 1 aromatic heterocycles. The molecule has 0 radical (unpaired) electrons. The van der Waals surface area contributed by atoms with Crippen LogP contribution < -0.4 is 5.32 Å². The molecule has 1 aliphatic heterocycles. The van der Waals surface area contributed by atoms with E-state index in [1.807, 2.05) is 40.8 Å². The Morgan fingerprint density at radius 1 is 1.40 bits per heavy atom. The predicted octanol–water partition coefficient (Wildman–Crippen LogP) is 1.83. The number of aliphatic hydroxyl groups is 1. The third kappa shape index (κ3) is 3.23. The minimum atomic E-state index is -0.524. The van der Waals surface area contributed by atoms with Gasteiger partial charge in [0.05, 0.1) is 11.3 Å². The number of nitrogens with zero attached hydrogens (tertiary/aromatic N) is 2. The first-order chi connectivity index (χ1) is 9.75. The van der Waals surface area contributed by atoms with Gasteiger partial charge in [-0.25, -0.2) is 4.68 Å². The number of aromatic nitrogens is 2. The molecule has 2 N–H and O–H groups in total. The Bertz CT molecular complexity index is 550. The molecule has 0 amide bonds. The summed E-state index contributed by atoms with van der Waals surface area (Å²) in [4.78, 5) is 0. The lowest BCUT2D eigenvalue weighted by atomic mass is 10.0. The van der Waals surface area contributed by atoms with Crippen molar-refractivity contribution in [3.8, 4) is 5.69 Å². The first-order valence-corrected chi connectivity index (χ1v) is 8.01. The Morgan fingerprint density at radius 2 is 2.35 bits per heavy atom. The van der Waals surface area contributed by atoms with Crippen molar-refractivity contribution < 1.29 is 5.11 Å². The van der Waals surface area contributed by atoms with Crippen molar-refractivity contribution in [2.24, 2.45) is 0 Å². The van der Waals surface area contributed by atoms with Crippen LogP contribution in [-0.2, 0) is 6.54 Å². The average molecular weight is 289 g/mol. The second-order valence-corrected chi connectivity index (χ2v) is 6.36. The lowest BCUT2D eigenvalue weighted by Crippen LogP contribution is -2.40. The molecule has 1 unspecified atom stereocenters. The molecule has 20 heavy (non-hydrogen) atoms. The summed E-state index contributed by atoms with van der Waals surface area (Å²) >= 11 is 1.83. The average Bonchev–Trinajstić information content (AvgIpc) is 3.11. The molecular weight excluding hydrogens is 270 g/mol. The zero-order valence-electron chi connectivity index (χ0n) is 11.3. The molecule has 0 bridgehead atoms. The van der Waals surface area contributed by atoms with Gasteiger partial charge >= 0.3 is 0 Å². The normalized spacial score (nSPS) is 22.2. The molecule has 1 saturated heterocycles. The van der Waals surface area contributed by atoms with Gasteiger partial charge in [-0.2, -0.15) is 16.9 Å². The third-order valence-corrected chi connectivity index (χ3v) is 4.78. The van der Waals surface area contributed by atoms with Crippen LogP contribution in [0, 0.1) is 0 Å². The summed E-state index contributed by atoms with van der Waals surface area (Å²) in [6.07, 6.45) is 4.60. The van der Waals surface area contributed by atoms with Gasteiger partial charge in [0.2, 0.25) is 0 Å². The number of nitrogens with one attached hydrogen (secondary N) is 1. The second-order valence-electron chi connectivity index (χ2n) is 5.25. The second kappa shape index (κ2) is 5.99. The minimum absolute atomic E-state index is 0.524. The van der Waals surface area contributed by atoms with E-state index < -0.39 is 5.60 Å². The van der Waals surface area contributed by atoms with E-state index in [-0.39, 0.29) is 0 Å². The van der Waals surface area contributed by atoms with Crippen molar-refractivity contribution in [2.75, 3.05) is 18.1 Å². The molecule has 2 aromatic rings. The van der Waals surface area contributed by atoms with Gasteiger partial charge in [0.15, 0.2) is 0 Å². The van der Waals surface area contributed by atoms with Crippen molar-refractivity contribution in [3.05, 3.63) is 48.3 Å². The summed E-state index contributed by atoms with van der Waals surface area (Å²) in [5.74, 6) is 1.90. The SMILES string of the molecule is OC1(CNCc2cccc(-n3cccn3)c2)CCSC1. The van der Waals surface area contributed by atoms with Crippen LogP contribution in [0.2, 0.25) is 0 Å². The van der Waals surface area contributed by atoms with E-state index in [1.165, 1.54) is 5.56 Å². The molecular formula is C15H19N3OS. The molecule has 4 nitrogen and oxygen atoms in total. The molecule has 1 fully saturated rings. The highest BCUT2D eigenvalue weighted by Gasteiger charge is 2.30. The Kier molecular flexibility index (Phi) is 4.10. The highest BCUT2D eigenvalue weighted by Crippen LogP contribution is 2.27. The number of hydrogen-bond donors (Lipinski definition) is 2. The van der Waals surface area contributed by atoms with E-state index in [9.17, 15) is 5.11 Å². The molecule has 3 rings (SSSR count). The Labute approximate surface area is 123 Å². The predicted molar refractivity (Wildman–Crippen MR) is 82.2 cm³/mol. The molecule has 5 heteroatoms. The zero-order chi connectivity index (χ0) is 13.8. The fraction of sp³-hybridized carbons (Fsp3) is 0.400. The van der Waals surface area contributed by atoms with Gasteiger partial charge < -0.3 is 10.4 Å². The van der Waals surface area contributed by atoms with Crippen molar-refractivity contribution in [2.45, 2.75) is 18.6 Å². The fourth-order valence-corrected chi connectivity index (χ4v) is 3.70. The van der Waals surface area contributed by atoms with E-state index in [0.717, 1.165) is 30.2 Å². The first-order valence-electron chi connectivity index (χ1n) is 6.85. The van der Waals surface area contributed by atoms with E-state index in [2.05, 4.69) is 22.5 Å². The zero-order valence-corrected chi connectivity index (χ0v) is 12.1. The summed E-state index contributed by atoms with van der Waals surface area (Å²) in [5.41, 5.74) is 1.74. The number of thioether (sulfide) groups is 1. The van der Waals surface area contributed by atoms with Gasteiger partial charge in [0, 0.05) is 31.2 Å². The summed E-state index contributed by atoms with van der Waals surface area (Å²) < 4.78 is 1.85. The summed E-state index contributed by atoms with van der Waals surface area (Å²) in [5, 5.41) is 17.9. The van der Waals surface area contributed by atoms with Crippen LogP contribution in [0.5, 0.6) is 0 Å². The molecule has 0 saturated carbocycles. The van der Waals surface area contributed by atoms with Crippen molar-refractivity contribution in [1.82, 2.24) is 15.1 Å². The van der Waals surface area contributed by atoms with Gasteiger partial charge in [0.1, 0.15) is 0 Å². The maximum Gasteiger partial charge on any atom is 0.0869 e. The monoisotopic (exact) mass is 289 g/mol. The maximum atomic E-state index is 10.3. The topological polar surface area (TPSA) is 50.1 Å². The Morgan fingerprint density at radius 3 is 3.10 bits per heavy atom. The van der Waals surface area contributed by atoms with Crippen LogP contribution in [-0.4, -0.2) is 38.5 Å². The van der Waals surface area contributed by atoms with Gasteiger partial charge in [-0.3, -0.25) is 0 Å². The Hall–Kier alpha value is -1.30. The van der Waals surface area contributed by atoms with Crippen LogP contribution in [0.1, 0.15) is 12.0 Å². The van der Waals surface area contributed by atoms with Crippen molar-refractivity contribution in [1.29, 1.82) is 0 Å². The lowest BCUT2D eigenvalue weighted by Gasteiger charge is -2.21. The van der Waals surface area contributed by atoms with Crippen LogP contribution in [0.25, 0.3) is 5.69 Å². The largest absolute Gasteiger partial charge is 0.388 e. The highest BCUT2D eigenvalue weighted by molar-refractivity contribution is 7.99. The van der Waals surface area contributed by atoms with Gasteiger partial charge in [0.25, 0.3) is 0 Å². The highest BCUT2D eigenvalue weighted by atomic mass is 32.2. The quantitative estimate of drug-likeness (QED) is 0.882. The van der Waals surface area contributed by atoms with Crippen molar-refractivity contribution in [3.63, 3.8) is 0 Å². The van der Waals surface area contributed by atoms with Gasteiger partial charge in [-0.15, -0.1) is 0 Å². The number of rotatable bonds is 5. The summed E-state index contributed by atoms with van der Waals surface area (Å²) in [6, 6.07) is 10.2. The standard InChI is InChI=1S/C15H19N3OS/c19-15(5-8-20-12-15)11-16-10-13-3-1-4-14(9-13)18-7-2-6-17-18/h1-4,6-7,9,16,19H,5,8,10-12H2.